The average molecular weight is 169 g/mol. The summed E-state index contributed by atoms with van der Waals surface area (Å²) >= 11 is 0. The number of hydrogen-bond acceptors (Lipinski definition) is 3. The van der Waals surface area contributed by atoms with Crippen LogP contribution < -0.4 is 4.74 Å². The van der Waals surface area contributed by atoms with Crippen LogP contribution in [0.1, 0.15) is 26.5 Å². The number of aromatic nitrogens is 3. The molecule has 0 N–H and O–H groups in total. The summed E-state index contributed by atoms with van der Waals surface area (Å²) in [6, 6.07) is 0. The summed E-state index contributed by atoms with van der Waals surface area (Å²) in [4.78, 5) is 1.53. The molecule has 1 aromatic rings. The minimum atomic E-state index is -0.0143. The van der Waals surface area contributed by atoms with Gasteiger partial charge in [0.15, 0.2) is 0 Å². The molecule has 0 aromatic carbocycles. The Morgan fingerprint density at radius 1 is 1.25 bits per heavy atom. The van der Waals surface area contributed by atoms with E-state index in [1.165, 1.54) is 4.80 Å². The van der Waals surface area contributed by atoms with Crippen LogP contribution in [0.2, 0.25) is 0 Å². The third-order valence-electron chi connectivity index (χ3n) is 1.59. The smallest absolute Gasteiger partial charge is 0.257 e. The molecule has 68 valence electrons. The van der Waals surface area contributed by atoms with Crippen molar-refractivity contribution in [3.05, 3.63) is 5.69 Å². The lowest BCUT2D eigenvalue weighted by Crippen LogP contribution is -2.13. The summed E-state index contributed by atoms with van der Waals surface area (Å²) in [7, 11) is 3.40. The van der Waals surface area contributed by atoms with Crippen molar-refractivity contribution in [3.63, 3.8) is 0 Å². The maximum absolute atomic E-state index is 5.10. The summed E-state index contributed by atoms with van der Waals surface area (Å²) in [5, 5.41) is 8.31. The monoisotopic (exact) mass is 169 g/mol. The molecule has 12 heavy (non-hydrogen) atoms. The SMILES string of the molecule is COc1nn(C)nc1C(C)(C)C. The van der Waals surface area contributed by atoms with Crippen LogP contribution in [0, 0.1) is 0 Å². The van der Waals surface area contributed by atoms with E-state index >= 15 is 0 Å². The molecule has 0 unspecified atom stereocenters. The first-order valence-corrected chi connectivity index (χ1v) is 3.91. The number of ether oxygens (including phenoxy) is 1. The van der Waals surface area contributed by atoms with Crippen molar-refractivity contribution in [2.24, 2.45) is 7.05 Å². The van der Waals surface area contributed by atoms with E-state index in [0.29, 0.717) is 5.88 Å². The molecule has 0 saturated heterocycles. The van der Waals surface area contributed by atoms with Crippen molar-refractivity contribution in [3.8, 4) is 5.88 Å². The first kappa shape index (κ1) is 9.03. The molecule has 0 radical (unpaired) electrons. The molecule has 0 aliphatic rings. The zero-order valence-electron chi connectivity index (χ0n) is 8.25. The zero-order valence-corrected chi connectivity index (χ0v) is 8.25. The fourth-order valence-electron chi connectivity index (χ4n) is 0.997. The molecule has 0 atom stereocenters. The van der Waals surface area contributed by atoms with E-state index in [1.807, 2.05) is 0 Å². The van der Waals surface area contributed by atoms with E-state index in [-0.39, 0.29) is 5.41 Å². The van der Waals surface area contributed by atoms with E-state index in [0.717, 1.165) is 5.69 Å². The molecule has 1 aromatic heterocycles. The lowest BCUT2D eigenvalue weighted by molar-refractivity contribution is 0.379. The molecule has 0 saturated carbocycles. The van der Waals surface area contributed by atoms with Gasteiger partial charge < -0.3 is 4.74 Å². The van der Waals surface area contributed by atoms with Gasteiger partial charge in [0, 0.05) is 12.5 Å². The molecular weight excluding hydrogens is 154 g/mol. The van der Waals surface area contributed by atoms with Gasteiger partial charge in [-0.1, -0.05) is 20.8 Å². The topological polar surface area (TPSA) is 39.9 Å². The van der Waals surface area contributed by atoms with E-state index in [9.17, 15) is 0 Å². The standard InChI is InChI=1S/C8H15N3O/c1-8(2,3)6-7(12-5)10-11(4)9-6/h1-5H3. The third-order valence-corrected chi connectivity index (χ3v) is 1.59. The van der Waals surface area contributed by atoms with E-state index in [2.05, 4.69) is 31.0 Å². The van der Waals surface area contributed by atoms with E-state index in [1.54, 1.807) is 14.2 Å². The average Bonchev–Trinajstić information content (AvgIpc) is 2.29. The quantitative estimate of drug-likeness (QED) is 0.632. The van der Waals surface area contributed by atoms with Gasteiger partial charge in [-0.3, -0.25) is 0 Å². The van der Waals surface area contributed by atoms with Gasteiger partial charge in [0.1, 0.15) is 5.69 Å². The second-order valence-corrected chi connectivity index (χ2v) is 3.80. The van der Waals surface area contributed by atoms with Gasteiger partial charge in [0.05, 0.1) is 7.11 Å². The zero-order chi connectivity index (χ0) is 9.35. The maximum atomic E-state index is 5.10. The minimum Gasteiger partial charge on any atom is -0.479 e. The number of methoxy groups -OCH3 is 1. The summed E-state index contributed by atoms with van der Waals surface area (Å²) in [6.07, 6.45) is 0. The Hall–Kier alpha value is -1.06. The van der Waals surface area contributed by atoms with Crippen molar-refractivity contribution in [2.45, 2.75) is 26.2 Å². The summed E-state index contributed by atoms with van der Waals surface area (Å²) in [6.45, 7) is 6.25. The van der Waals surface area contributed by atoms with E-state index in [4.69, 9.17) is 4.74 Å². The van der Waals surface area contributed by atoms with Gasteiger partial charge >= 0.3 is 0 Å². The Balaban J connectivity index is 3.13. The second-order valence-electron chi connectivity index (χ2n) is 3.80. The largest absolute Gasteiger partial charge is 0.479 e. The van der Waals surface area contributed by atoms with Crippen molar-refractivity contribution >= 4 is 0 Å². The van der Waals surface area contributed by atoms with Crippen LogP contribution in [0.4, 0.5) is 0 Å². The van der Waals surface area contributed by atoms with Crippen molar-refractivity contribution < 1.29 is 4.74 Å². The van der Waals surface area contributed by atoms with Crippen LogP contribution in [-0.4, -0.2) is 22.1 Å². The summed E-state index contributed by atoms with van der Waals surface area (Å²) in [5.74, 6) is 0.616. The second kappa shape index (κ2) is 2.77. The highest BCUT2D eigenvalue weighted by Gasteiger charge is 2.23. The van der Waals surface area contributed by atoms with Crippen LogP contribution in [-0.2, 0) is 12.5 Å². The van der Waals surface area contributed by atoms with Gasteiger partial charge in [-0.25, -0.2) is 0 Å². The van der Waals surface area contributed by atoms with E-state index < -0.39 is 0 Å². The van der Waals surface area contributed by atoms with Gasteiger partial charge in [-0.05, 0) is 0 Å². The fraction of sp³-hybridized carbons (Fsp3) is 0.750. The molecule has 0 amide bonds. The molecular formula is C8H15N3O. The highest BCUT2D eigenvalue weighted by molar-refractivity contribution is 5.23. The van der Waals surface area contributed by atoms with Crippen molar-refractivity contribution in [1.29, 1.82) is 0 Å². The molecule has 0 spiro atoms. The highest BCUT2D eigenvalue weighted by Crippen LogP contribution is 2.26. The van der Waals surface area contributed by atoms with Crippen molar-refractivity contribution in [2.75, 3.05) is 7.11 Å². The lowest BCUT2D eigenvalue weighted by Gasteiger charge is -2.14. The van der Waals surface area contributed by atoms with Crippen LogP contribution in [0.3, 0.4) is 0 Å². The van der Waals surface area contributed by atoms with Gasteiger partial charge in [0.2, 0.25) is 0 Å². The Bertz CT molecular complexity index is 272. The summed E-state index contributed by atoms with van der Waals surface area (Å²) in [5.41, 5.74) is 0.882. The van der Waals surface area contributed by atoms with Crippen LogP contribution >= 0.6 is 0 Å². The molecule has 0 aliphatic heterocycles. The Kier molecular flexibility index (Phi) is 2.08. The normalized spacial score (nSPS) is 11.8. The Labute approximate surface area is 72.5 Å². The number of rotatable bonds is 1. The number of aryl methyl sites for hydroxylation is 1. The lowest BCUT2D eigenvalue weighted by atomic mass is 9.93. The fourth-order valence-corrected chi connectivity index (χ4v) is 0.997. The molecule has 0 aliphatic carbocycles. The predicted molar refractivity (Wildman–Crippen MR) is 46.3 cm³/mol. The summed E-state index contributed by atoms with van der Waals surface area (Å²) < 4.78 is 5.10. The first-order chi connectivity index (χ1) is 5.45. The highest BCUT2D eigenvalue weighted by atomic mass is 16.5. The molecule has 1 heterocycles. The van der Waals surface area contributed by atoms with Crippen LogP contribution in [0.25, 0.3) is 0 Å². The Morgan fingerprint density at radius 2 is 1.83 bits per heavy atom. The molecule has 4 heteroatoms. The first-order valence-electron chi connectivity index (χ1n) is 3.91. The van der Waals surface area contributed by atoms with Crippen LogP contribution in [0.15, 0.2) is 0 Å². The van der Waals surface area contributed by atoms with Gasteiger partial charge in [-0.2, -0.15) is 9.90 Å². The van der Waals surface area contributed by atoms with Crippen LogP contribution in [0.5, 0.6) is 5.88 Å². The number of nitrogens with zero attached hydrogens (tertiary/aromatic N) is 3. The van der Waals surface area contributed by atoms with Gasteiger partial charge in [0.25, 0.3) is 5.88 Å². The molecule has 1 rings (SSSR count). The maximum Gasteiger partial charge on any atom is 0.257 e. The Morgan fingerprint density at radius 3 is 2.17 bits per heavy atom. The predicted octanol–water partition coefficient (Wildman–Crippen LogP) is 1.12. The minimum absolute atomic E-state index is 0.0143. The molecule has 0 bridgehead atoms. The number of hydrogen-bond donors (Lipinski definition) is 0. The van der Waals surface area contributed by atoms with Crippen molar-refractivity contribution in [1.82, 2.24) is 15.0 Å². The van der Waals surface area contributed by atoms with Gasteiger partial charge in [-0.15, -0.1) is 5.10 Å². The molecule has 4 nitrogen and oxygen atoms in total. The third kappa shape index (κ3) is 1.57. The molecule has 0 fully saturated rings.